The number of halogens is 3. The van der Waals surface area contributed by atoms with Crippen LogP contribution in [0.5, 0.6) is 0 Å². The van der Waals surface area contributed by atoms with Crippen LogP contribution in [0.2, 0.25) is 10.0 Å². The first-order valence-electron chi connectivity index (χ1n) is 4.83. The van der Waals surface area contributed by atoms with Crippen LogP contribution in [0.25, 0.3) is 0 Å². The number of anilines is 3. The SMILES string of the molecule is Nc1ccc(Cl)cc1Nc1ccc(Br)cc1Cl. The van der Waals surface area contributed by atoms with E-state index in [1.165, 1.54) is 0 Å². The molecule has 0 radical (unpaired) electrons. The topological polar surface area (TPSA) is 38.0 Å². The standard InChI is InChI=1S/C12H9BrCl2N2/c13-7-1-4-11(9(15)5-7)17-12-6-8(14)2-3-10(12)16/h1-6,17H,16H2. The van der Waals surface area contributed by atoms with Gasteiger partial charge in [0.05, 0.1) is 22.1 Å². The normalized spacial score (nSPS) is 10.3. The van der Waals surface area contributed by atoms with E-state index in [4.69, 9.17) is 28.9 Å². The Morgan fingerprint density at radius 1 is 1.00 bits per heavy atom. The van der Waals surface area contributed by atoms with Crippen molar-refractivity contribution in [2.45, 2.75) is 0 Å². The minimum atomic E-state index is 0.610. The van der Waals surface area contributed by atoms with Gasteiger partial charge in [0.1, 0.15) is 0 Å². The van der Waals surface area contributed by atoms with Crippen LogP contribution < -0.4 is 11.1 Å². The molecule has 0 fully saturated rings. The number of hydrogen-bond acceptors (Lipinski definition) is 2. The van der Waals surface area contributed by atoms with Crippen molar-refractivity contribution in [3.63, 3.8) is 0 Å². The highest BCUT2D eigenvalue weighted by Gasteiger charge is 2.04. The van der Waals surface area contributed by atoms with Gasteiger partial charge in [0.2, 0.25) is 0 Å². The minimum Gasteiger partial charge on any atom is -0.397 e. The van der Waals surface area contributed by atoms with Crippen molar-refractivity contribution in [2.75, 3.05) is 11.1 Å². The average Bonchev–Trinajstić information content (AvgIpc) is 2.27. The van der Waals surface area contributed by atoms with Gasteiger partial charge in [-0.15, -0.1) is 0 Å². The molecule has 0 amide bonds. The Bertz CT molecular complexity index is 558. The fourth-order valence-electron chi connectivity index (χ4n) is 1.37. The van der Waals surface area contributed by atoms with Gasteiger partial charge in [0.15, 0.2) is 0 Å². The minimum absolute atomic E-state index is 0.610. The fraction of sp³-hybridized carbons (Fsp3) is 0. The van der Waals surface area contributed by atoms with Gasteiger partial charge in [0, 0.05) is 9.50 Å². The number of benzene rings is 2. The molecule has 2 nitrogen and oxygen atoms in total. The summed E-state index contributed by atoms with van der Waals surface area (Å²) in [6.45, 7) is 0. The maximum absolute atomic E-state index is 6.11. The van der Waals surface area contributed by atoms with Crippen molar-refractivity contribution in [1.29, 1.82) is 0 Å². The van der Waals surface area contributed by atoms with Gasteiger partial charge < -0.3 is 11.1 Å². The molecule has 0 heterocycles. The predicted molar refractivity (Wildman–Crippen MR) is 78.3 cm³/mol. The van der Waals surface area contributed by atoms with E-state index in [0.29, 0.717) is 15.7 Å². The van der Waals surface area contributed by atoms with Gasteiger partial charge in [-0.05, 0) is 36.4 Å². The third-order valence-electron chi connectivity index (χ3n) is 2.22. The molecular weight excluding hydrogens is 323 g/mol. The Hall–Kier alpha value is -0.900. The third kappa shape index (κ3) is 3.06. The number of nitrogen functional groups attached to an aromatic ring is 1. The number of rotatable bonds is 2. The molecule has 0 aliphatic rings. The molecule has 0 saturated carbocycles. The van der Waals surface area contributed by atoms with Gasteiger partial charge in [-0.3, -0.25) is 0 Å². The molecule has 0 aliphatic heterocycles. The van der Waals surface area contributed by atoms with Crippen LogP contribution in [0, 0.1) is 0 Å². The molecule has 0 aliphatic carbocycles. The van der Waals surface area contributed by atoms with E-state index >= 15 is 0 Å². The Morgan fingerprint density at radius 2 is 1.76 bits per heavy atom. The lowest BCUT2D eigenvalue weighted by molar-refractivity contribution is 1.53. The van der Waals surface area contributed by atoms with Gasteiger partial charge in [0.25, 0.3) is 0 Å². The van der Waals surface area contributed by atoms with Crippen molar-refractivity contribution < 1.29 is 0 Å². The fourth-order valence-corrected chi connectivity index (χ4v) is 2.27. The Balaban J connectivity index is 2.34. The van der Waals surface area contributed by atoms with Crippen LogP contribution >= 0.6 is 39.1 Å². The monoisotopic (exact) mass is 330 g/mol. The summed E-state index contributed by atoms with van der Waals surface area (Å²) in [5.41, 5.74) is 7.98. The van der Waals surface area contributed by atoms with E-state index in [1.54, 1.807) is 18.2 Å². The molecule has 88 valence electrons. The molecule has 2 rings (SSSR count). The molecular formula is C12H9BrCl2N2. The second-order valence-corrected chi connectivity index (χ2v) is 5.24. The van der Waals surface area contributed by atoms with Crippen molar-refractivity contribution >= 4 is 56.2 Å². The molecule has 0 spiro atoms. The Labute approximate surface area is 118 Å². The summed E-state index contributed by atoms with van der Waals surface area (Å²) in [6.07, 6.45) is 0. The highest BCUT2D eigenvalue weighted by molar-refractivity contribution is 9.10. The van der Waals surface area contributed by atoms with E-state index in [-0.39, 0.29) is 0 Å². The number of nitrogens with one attached hydrogen (secondary N) is 1. The Kier molecular flexibility index (Phi) is 3.82. The van der Waals surface area contributed by atoms with E-state index < -0.39 is 0 Å². The summed E-state index contributed by atoms with van der Waals surface area (Å²) in [6, 6.07) is 10.8. The highest BCUT2D eigenvalue weighted by Crippen LogP contribution is 2.31. The van der Waals surface area contributed by atoms with Gasteiger partial charge in [-0.2, -0.15) is 0 Å². The molecule has 0 unspecified atom stereocenters. The summed E-state index contributed by atoms with van der Waals surface area (Å²) < 4.78 is 0.923. The van der Waals surface area contributed by atoms with Crippen molar-refractivity contribution in [2.24, 2.45) is 0 Å². The first-order valence-corrected chi connectivity index (χ1v) is 6.38. The zero-order valence-corrected chi connectivity index (χ0v) is 11.8. The summed E-state index contributed by atoms with van der Waals surface area (Å²) in [4.78, 5) is 0. The maximum Gasteiger partial charge on any atom is 0.0652 e. The van der Waals surface area contributed by atoms with Crippen LogP contribution in [0.4, 0.5) is 17.1 Å². The summed E-state index contributed by atoms with van der Waals surface area (Å²) >= 11 is 15.4. The van der Waals surface area contributed by atoms with E-state index in [0.717, 1.165) is 15.8 Å². The van der Waals surface area contributed by atoms with Crippen LogP contribution in [0.15, 0.2) is 40.9 Å². The van der Waals surface area contributed by atoms with Crippen molar-refractivity contribution in [1.82, 2.24) is 0 Å². The van der Waals surface area contributed by atoms with E-state index in [1.807, 2.05) is 18.2 Å². The largest absolute Gasteiger partial charge is 0.397 e. The predicted octanol–water partition coefficient (Wildman–Crippen LogP) is 5.08. The van der Waals surface area contributed by atoms with Crippen molar-refractivity contribution in [3.05, 3.63) is 50.9 Å². The van der Waals surface area contributed by atoms with Crippen LogP contribution in [-0.4, -0.2) is 0 Å². The lowest BCUT2D eigenvalue weighted by atomic mass is 10.2. The van der Waals surface area contributed by atoms with E-state index in [2.05, 4.69) is 21.2 Å². The lowest BCUT2D eigenvalue weighted by Crippen LogP contribution is -1.96. The average molecular weight is 332 g/mol. The van der Waals surface area contributed by atoms with Crippen LogP contribution in [-0.2, 0) is 0 Å². The molecule has 0 bridgehead atoms. The molecule has 0 atom stereocenters. The number of hydrogen-bond donors (Lipinski definition) is 2. The molecule has 3 N–H and O–H groups in total. The second kappa shape index (κ2) is 5.17. The molecule has 2 aromatic carbocycles. The van der Waals surface area contributed by atoms with Gasteiger partial charge in [-0.1, -0.05) is 39.1 Å². The lowest BCUT2D eigenvalue weighted by Gasteiger charge is -2.11. The first kappa shape index (κ1) is 12.6. The maximum atomic E-state index is 6.11. The molecule has 2 aromatic rings. The third-order valence-corrected chi connectivity index (χ3v) is 3.26. The van der Waals surface area contributed by atoms with Crippen LogP contribution in [0.1, 0.15) is 0 Å². The summed E-state index contributed by atoms with van der Waals surface area (Å²) in [5, 5.41) is 4.38. The van der Waals surface area contributed by atoms with Gasteiger partial charge >= 0.3 is 0 Å². The summed E-state index contributed by atoms with van der Waals surface area (Å²) in [5.74, 6) is 0. The number of nitrogens with two attached hydrogens (primary N) is 1. The first-order chi connectivity index (χ1) is 8.06. The molecule has 0 saturated heterocycles. The van der Waals surface area contributed by atoms with Gasteiger partial charge in [-0.25, -0.2) is 0 Å². The Morgan fingerprint density at radius 3 is 2.47 bits per heavy atom. The summed E-state index contributed by atoms with van der Waals surface area (Å²) in [7, 11) is 0. The van der Waals surface area contributed by atoms with E-state index in [9.17, 15) is 0 Å². The van der Waals surface area contributed by atoms with Crippen molar-refractivity contribution in [3.8, 4) is 0 Å². The molecule has 0 aromatic heterocycles. The zero-order valence-electron chi connectivity index (χ0n) is 8.68. The molecule has 5 heteroatoms. The molecule has 17 heavy (non-hydrogen) atoms. The quantitative estimate of drug-likeness (QED) is 0.753. The van der Waals surface area contributed by atoms with Crippen LogP contribution in [0.3, 0.4) is 0 Å². The smallest absolute Gasteiger partial charge is 0.0652 e. The second-order valence-electron chi connectivity index (χ2n) is 3.48. The zero-order chi connectivity index (χ0) is 12.4. The highest BCUT2D eigenvalue weighted by atomic mass is 79.9.